The van der Waals surface area contributed by atoms with Gasteiger partial charge in [0.2, 0.25) is 0 Å². The van der Waals surface area contributed by atoms with Gasteiger partial charge in [-0.3, -0.25) is 4.79 Å². The molecule has 0 heterocycles. The summed E-state index contributed by atoms with van der Waals surface area (Å²) in [4.78, 5) is 11.0. The molecule has 0 unspecified atom stereocenters. The van der Waals surface area contributed by atoms with Crippen molar-refractivity contribution < 1.29 is 19.7 Å². The van der Waals surface area contributed by atoms with Crippen molar-refractivity contribution in [2.24, 2.45) is 5.41 Å². The Balaban J connectivity index is 2.88. The van der Waals surface area contributed by atoms with Gasteiger partial charge >= 0.3 is 5.97 Å². The highest BCUT2D eigenvalue weighted by atomic mass is 79.9. The van der Waals surface area contributed by atoms with Gasteiger partial charge < -0.3 is 14.9 Å². The third kappa shape index (κ3) is 3.71. The van der Waals surface area contributed by atoms with Crippen LogP contribution in [0, 0.1) is 5.41 Å². The number of ether oxygens (including phenoxy) is 1. The van der Waals surface area contributed by atoms with E-state index in [1.807, 2.05) is 0 Å². The van der Waals surface area contributed by atoms with Gasteiger partial charge in [-0.15, -0.1) is 0 Å². The van der Waals surface area contributed by atoms with Crippen LogP contribution in [0.2, 0.25) is 0 Å². The predicted octanol–water partition coefficient (Wildman–Crippen LogP) is 2.99. The number of aliphatic hydroxyl groups is 1. The van der Waals surface area contributed by atoms with Crippen LogP contribution in [0.1, 0.15) is 32.4 Å². The Hall–Kier alpha value is -1.07. The molecule has 1 aromatic carbocycles. The van der Waals surface area contributed by atoms with Crippen LogP contribution in [0.5, 0.6) is 5.75 Å². The molecular formula is C13H17BrO4. The molecule has 2 N–H and O–H groups in total. The van der Waals surface area contributed by atoms with Crippen LogP contribution in [0.25, 0.3) is 0 Å². The molecule has 100 valence electrons. The summed E-state index contributed by atoms with van der Waals surface area (Å²) in [6.07, 6.45) is -0.676. The minimum absolute atomic E-state index is 0.0453. The maximum Gasteiger partial charge on any atom is 0.312 e. The van der Waals surface area contributed by atoms with Gasteiger partial charge in [0.15, 0.2) is 0 Å². The van der Waals surface area contributed by atoms with Crippen LogP contribution in [0.4, 0.5) is 0 Å². The van der Waals surface area contributed by atoms with Crippen molar-refractivity contribution in [2.45, 2.75) is 26.9 Å². The highest BCUT2D eigenvalue weighted by Gasteiger charge is 2.28. The molecule has 0 aliphatic rings. The Kier molecular flexibility index (Phi) is 4.76. The molecule has 0 aliphatic heterocycles. The van der Waals surface area contributed by atoms with Crippen LogP contribution in [-0.4, -0.2) is 22.8 Å². The van der Waals surface area contributed by atoms with Crippen LogP contribution in [-0.2, 0) is 4.79 Å². The topological polar surface area (TPSA) is 66.8 Å². The monoisotopic (exact) mass is 316 g/mol. The lowest BCUT2D eigenvalue weighted by molar-refractivity contribution is -0.148. The number of benzene rings is 1. The number of rotatable bonds is 5. The number of hydrogen-bond acceptors (Lipinski definition) is 3. The van der Waals surface area contributed by atoms with Crippen LogP contribution in [0.3, 0.4) is 0 Å². The van der Waals surface area contributed by atoms with Crippen molar-refractivity contribution in [1.82, 2.24) is 0 Å². The zero-order valence-corrected chi connectivity index (χ0v) is 12.2. The molecule has 1 rings (SSSR count). The minimum Gasteiger partial charge on any atom is -0.492 e. The molecule has 0 saturated heterocycles. The number of carbonyl (C=O) groups is 1. The molecule has 0 bridgehead atoms. The van der Waals surface area contributed by atoms with E-state index in [-0.39, 0.29) is 6.61 Å². The van der Waals surface area contributed by atoms with E-state index >= 15 is 0 Å². The normalized spacial score (nSPS) is 13.2. The summed E-state index contributed by atoms with van der Waals surface area (Å²) >= 11 is 3.32. The largest absolute Gasteiger partial charge is 0.492 e. The van der Waals surface area contributed by atoms with Crippen LogP contribution >= 0.6 is 15.9 Å². The zero-order chi connectivity index (χ0) is 13.9. The lowest BCUT2D eigenvalue weighted by Gasteiger charge is -2.21. The molecule has 0 radical (unpaired) electrons. The second kappa shape index (κ2) is 5.71. The maximum absolute atomic E-state index is 11.0. The molecular weight excluding hydrogens is 300 g/mol. The van der Waals surface area contributed by atoms with Crippen molar-refractivity contribution in [2.75, 3.05) is 6.61 Å². The van der Waals surface area contributed by atoms with E-state index in [1.165, 1.54) is 0 Å². The Bertz CT molecular complexity index is 441. The lowest BCUT2D eigenvalue weighted by atomic mass is 9.95. The van der Waals surface area contributed by atoms with E-state index < -0.39 is 17.5 Å². The quantitative estimate of drug-likeness (QED) is 0.876. The van der Waals surface area contributed by atoms with E-state index in [4.69, 9.17) is 9.84 Å². The maximum atomic E-state index is 11.0. The lowest BCUT2D eigenvalue weighted by Crippen LogP contribution is -2.30. The van der Waals surface area contributed by atoms with E-state index in [0.717, 1.165) is 4.47 Å². The van der Waals surface area contributed by atoms with Crippen molar-refractivity contribution in [1.29, 1.82) is 0 Å². The first-order chi connectivity index (χ1) is 8.24. The third-order valence-corrected chi connectivity index (χ3v) is 3.08. The summed E-state index contributed by atoms with van der Waals surface area (Å²) in [5.74, 6) is -0.416. The van der Waals surface area contributed by atoms with Gasteiger partial charge in [-0.05, 0) is 39.0 Å². The summed E-state index contributed by atoms with van der Waals surface area (Å²) in [7, 11) is 0. The van der Waals surface area contributed by atoms with Crippen LogP contribution in [0.15, 0.2) is 22.7 Å². The smallest absolute Gasteiger partial charge is 0.312 e. The molecule has 0 aliphatic carbocycles. The van der Waals surface area contributed by atoms with Gasteiger partial charge in [-0.25, -0.2) is 0 Å². The Morgan fingerprint density at radius 2 is 2.11 bits per heavy atom. The molecule has 1 aromatic rings. The average molecular weight is 317 g/mol. The molecule has 1 atom stereocenters. The number of aliphatic carboxylic acids is 1. The summed E-state index contributed by atoms with van der Waals surface area (Å²) in [6, 6.07) is 5.26. The number of hydrogen-bond donors (Lipinski definition) is 2. The molecule has 0 saturated carbocycles. The molecule has 0 amide bonds. The number of carboxylic acid groups (broad SMARTS) is 1. The highest BCUT2D eigenvalue weighted by molar-refractivity contribution is 9.10. The molecule has 18 heavy (non-hydrogen) atoms. The minimum atomic E-state index is -0.969. The van der Waals surface area contributed by atoms with Crippen LogP contribution < -0.4 is 4.74 Å². The van der Waals surface area contributed by atoms with Crippen molar-refractivity contribution in [3.63, 3.8) is 0 Å². The SMILES string of the molecule is C[C@@H](O)c1cc(Br)ccc1OCC(C)(C)C(=O)O. The molecule has 5 heteroatoms. The fraction of sp³-hybridized carbons (Fsp3) is 0.462. The van der Waals surface area contributed by atoms with Gasteiger partial charge in [-0.1, -0.05) is 15.9 Å². The number of halogens is 1. The second-order valence-electron chi connectivity index (χ2n) is 4.84. The van der Waals surface area contributed by atoms with Gasteiger partial charge in [0.05, 0.1) is 11.5 Å². The zero-order valence-electron chi connectivity index (χ0n) is 10.6. The Morgan fingerprint density at radius 1 is 1.50 bits per heavy atom. The molecule has 0 spiro atoms. The van der Waals surface area contributed by atoms with E-state index in [9.17, 15) is 9.90 Å². The summed E-state index contributed by atoms with van der Waals surface area (Å²) < 4.78 is 6.35. The first kappa shape index (κ1) is 15.0. The average Bonchev–Trinajstić information content (AvgIpc) is 2.27. The first-order valence-electron chi connectivity index (χ1n) is 5.58. The highest BCUT2D eigenvalue weighted by Crippen LogP contribution is 2.29. The fourth-order valence-corrected chi connectivity index (χ4v) is 1.68. The van der Waals surface area contributed by atoms with E-state index in [2.05, 4.69) is 15.9 Å². The van der Waals surface area contributed by atoms with E-state index in [1.54, 1.807) is 39.0 Å². The number of carboxylic acids is 1. The standard InChI is InChI=1S/C13H17BrO4/c1-8(15)10-6-9(14)4-5-11(10)18-7-13(2,3)12(16)17/h4-6,8,15H,7H2,1-3H3,(H,16,17)/t8-/m1/s1. The van der Waals surface area contributed by atoms with Gasteiger partial charge in [0, 0.05) is 10.0 Å². The predicted molar refractivity (Wildman–Crippen MR) is 71.7 cm³/mol. The van der Waals surface area contributed by atoms with Crippen molar-refractivity contribution in [3.8, 4) is 5.75 Å². The summed E-state index contributed by atoms with van der Waals surface area (Å²) in [6.45, 7) is 4.87. The second-order valence-corrected chi connectivity index (χ2v) is 5.75. The van der Waals surface area contributed by atoms with Crippen molar-refractivity contribution >= 4 is 21.9 Å². The Labute approximate surface area is 115 Å². The van der Waals surface area contributed by atoms with Gasteiger partial charge in [-0.2, -0.15) is 0 Å². The summed E-state index contributed by atoms with van der Waals surface area (Å²) in [5.41, 5.74) is -0.339. The van der Waals surface area contributed by atoms with Crippen molar-refractivity contribution in [3.05, 3.63) is 28.2 Å². The molecule has 0 aromatic heterocycles. The first-order valence-corrected chi connectivity index (χ1v) is 6.37. The molecule has 0 fully saturated rings. The number of aliphatic hydroxyl groups excluding tert-OH is 1. The summed E-state index contributed by atoms with van der Waals surface area (Å²) in [5, 5.41) is 18.7. The molecule has 4 nitrogen and oxygen atoms in total. The fourth-order valence-electron chi connectivity index (χ4n) is 1.30. The third-order valence-electron chi connectivity index (χ3n) is 2.59. The van der Waals surface area contributed by atoms with E-state index in [0.29, 0.717) is 11.3 Å². The van der Waals surface area contributed by atoms with Gasteiger partial charge in [0.25, 0.3) is 0 Å². The Morgan fingerprint density at radius 3 is 2.61 bits per heavy atom. The van der Waals surface area contributed by atoms with Gasteiger partial charge in [0.1, 0.15) is 12.4 Å².